The Kier molecular flexibility index (Phi) is 6.74. The first-order chi connectivity index (χ1) is 7.82. The molecule has 7 nitrogen and oxygen atoms in total. The first-order valence-electron chi connectivity index (χ1n) is 4.86. The number of amides is 1. The van der Waals surface area contributed by atoms with Gasteiger partial charge in [-0.3, -0.25) is 4.79 Å². The Morgan fingerprint density at radius 1 is 1.29 bits per heavy atom. The summed E-state index contributed by atoms with van der Waals surface area (Å²) in [5.74, 6) is -2.00. The zero-order valence-corrected chi connectivity index (χ0v) is 10.9. The van der Waals surface area contributed by atoms with Crippen LogP contribution in [0, 0.1) is 0 Å². The molecule has 0 aromatic heterocycles. The molecule has 8 heteroatoms. The van der Waals surface area contributed by atoms with Crippen molar-refractivity contribution in [3.63, 3.8) is 0 Å². The maximum absolute atomic E-state index is 11.6. The zero-order valence-electron chi connectivity index (χ0n) is 10.1. The van der Waals surface area contributed by atoms with E-state index in [-0.39, 0.29) is 12.4 Å². The standard InChI is InChI=1S/C9H17NO6S/c1-7(11)10-8(9(12)16-3)6-17(13,14)5-4-15-2/h8H,4-6H2,1-3H3,(H,10,11). The van der Waals surface area contributed by atoms with Gasteiger partial charge in [-0.05, 0) is 0 Å². The largest absolute Gasteiger partial charge is 0.467 e. The van der Waals surface area contributed by atoms with Gasteiger partial charge in [0.15, 0.2) is 9.84 Å². The van der Waals surface area contributed by atoms with Gasteiger partial charge < -0.3 is 14.8 Å². The molecule has 17 heavy (non-hydrogen) atoms. The van der Waals surface area contributed by atoms with Gasteiger partial charge in [0.05, 0.1) is 25.2 Å². The molecule has 100 valence electrons. The summed E-state index contributed by atoms with van der Waals surface area (Å²) in [7, 11) is -0.984. The molecule has 0 aromatic carbocycles. The monoisotopic (exact) mass is 267 g/mol. The van der Waals surface area contributed by atoms with E-state index in [2.05, 4.69) is 14.8 Å². The van der Waals surface area contributed by atoms with Crippen molar-refractivity contribution in [1.82, 2.24) is 5.32 Å². The molecule has 0 rings (SSSR count). The Bertz CT molecular complexity index is 364. The van der Waals surface area contributed by atoms with Crippen LogP contribution in [0.1, 0.15) is 6.92 Å². The summed E-state index contributed by atoms with van der Waals surface area (Å²) < 4.78 is 32.2. The smallest absolute Gasteiger partial charge is 0.329 e. The van der Waals surface area contributed by atoms with Gasteiger partial charge in [-0.1, -0.05) is 0 Å². The van der Waals surface area contributed by atoms with E-state index < -0.39 is 33.5 Å². The summed E-state index contributed by atoms with van der Waals surface area (Å²) in [6, 6.07) is -1.18. The SMILES string of the molecule is COCCS(=O)(=O)CC(NC(C)=O)C(=O)OC. The van der Waals surface area contributed by atoms with Gasteiger partial charge in [-0.15, -0.1) is 0 Å². The predicted molar refractivity (Wildman–Crippen MR) is 60.2 cm³/mol. The highest BCUT2D eigenvalue weighted by atomic mass is 32.2. The summed E-state index contributed by atoms with van der Waals surface area (Å²) in [5.41, 5.74) is 0. The second-order valence-electron chi connectivity index (χ2n) is 3.38. The number of hydrogen-bond donors (Lipinski definition) is 1. The Morgan fingerprint density at radius 3 is 2.29 bits per heavy atom. The summed E-state index contributed by atoms with van der Waals surface area (Å²) in [6.45, 7) is 1.23. The highest BCUT2D eigenvalue weighted by molar-refractivity contribution is 7.91. The lowest BCUT2D eigenvalue weighted by Crippen LogP contribution is -2.45. The van der Waals surface area contributed by atoms with Crippen LogP contribution >= 0.6 is 0 Å². The first kappa shape index (κ1) is 15.9. The second kappa shape index (κ2) is 7.23. The van der Waals surface area contributed by atoms with Crippen LogP contribution in [0.3, 0.4) is 0 Å². The van der Waals surface area contributed by atoms with Crippen molar-refractivity contribution in [2.24, 2.45) is 0 Å². The lowest BCUT2D eigenvalue weighted by Gasteiger charge is -2.15. The van der Waals surface area contributed by atoms with Crippen LogP contribution in [0.5, 0.6) is 0 Å². The quantitative estimate of drug-likeness (QED) is 0.577. The van der Waals surface area contributed by atoms with E-state index in [9.17, 15) is 18.0 Å². The molecule has 0 spiro atoms. The fourth-order valence-corrected chi connectivity index (χ4v) is 2.42. The van der Waals surface area contributed by atoms with Crippen molar-refractivity contribution < 1.29 is 27.5 Å². The summed E-state index contributed by atoms with van der Waals surface area (Å²) in [4.78, 5) is 22.1. The van der Waals surface area contributed by atoms with Gasteiger partial charge >= 0.3 is 5.97 Å². The fourth-order valence-electron chi connectivity index (χ4n) is 1.10. The van der Waals surface area contributed by atoms with Crippen molar-refractivity contribution in [2.45, 2.75) is 13.0 Å². The van der Waals surface area contributed by atoms with Gasteiger partial charge in [-0.2, -0.15) is 0 Å². The topological polar surface area (TPSA) is 98.8 Å². The number of hydrogen-bond acceptors (Lipinski definition) is 6. The highest BCUT2D eigenvalue weighted by Gasteiger charge is 2.26. The van der Waals surface area contributed by atoms with Crippen LogP contribution in [0.25, 0.3) is 0 Å². The molecular formula is C9H17NO6S. The molecule has 0 radical (unpaired) electrons. The number of carbonyl (C=O) groups is 2. The maximum Gasteiger partial charge on any atom is 0.329 e. The van der Waals surface area contributed by atoms with E-state index in [1.807, 2.05) is 0 Å². The minimum absolute atomic E-state index is 0.0380. The maximum atomic E-state index is 11.6. The lowest BCUT2D eigenvalue weighted by molar-refractivity contribution is -0.144. The second-order valence-corrected chi connectivity index (χ2v) is 5.61. The number of methoxy groups -OCH3 is 2. The minimum Gasteiger partial charge on any atom is -0.467 e. The molecule has 0 saturated carbocycles. The van der Waals surface area contributed by atoms with E-state index in [1.54, 1.807) is 0 Å². The van der Waals surface area contributed by atoms with Crippen molar-refractivity contribution in [3.8, 4) is 0 Å². The van der Waals surface area contributed by atoms with Crippen molar-refractivity contribution >= 4 is 21.7 Å². The van der Waals surface area contributed by atoms with Gasteiger partial charge in [0.1, 0.15) is 6.04 Å². The van der Waals surface area contributed by atoms with Crippen LogP contribution in [0.2, 0.25) is 0 Å². The average Bonchev–Trinajstić information content (AvgIpc) is 2.23. The summed E-state index contributed by atoms with van der Waals surface area (Å²) in [5, 5.41) is 2.23. The third-order valence-electron chi connectivity index (χ3n) is 1.88. The molecule has 0 aliphatic carbocycles. The molecule has 0 bridgehead atoms. The Balaban J connectivity index is 4.62. The molecule has 0 aliphatic heterocycles. The van der Waals surface area contributed by atoms with Gasteiger partial charge in [-0.25, -0.2) is 13.2 Å². The Morgan fingerprint density at radius 2 is 1.88 bits per heavy atom. The van der Waals surface area contributed by atoms with Crippen LogP contribution in [-0.2, 0) is 28.9 Å². The van der Waals surface area contributed by atoms with Gasteiger partial charge in [0.25, 0.3) is 0 Å². The third kappa shape index (κ3) is 6.90. The molecule has 1 atom stereocenters. The fraction of sp³-hybridized carbons (Fsp3) is 0.778. The molecule has 1 N–H and O–H groups in total. The summed E-state index contributed by atoms with van der Waals surface area (Å²) >= 11 is 0. The van der Waals surface area contributed by atoms with E-state index >= 15 is 0 Å². The normalized spacial score (nSPS) is 12.9. The molecule has 0 aliphatic rings. The highest BCUT2D eigenvalue weighted by Crippen LogP contribution is 1.98. The zero-order chi connectivity index (χ0) is 13.5. The van der Waals surface area contributed by atoms with Gasteiger partial charge in [0.2, 0.25) is 5.91 Å². The Labute approximate surface area is 100 Å². The molecule has 1 amide bonds. The predicted octanol–water partition coefficient (Wildman–Crippen LogP) is -1.27. The number of esters is 1. The van der Waals surface area contributed by atoms with E-state index in [1.165, 1.54) is 14.0 Å². The number of nitrogens with one attached hydrogen (secondary N) is 1. The van der Waals surface area contributed by atoms with Crippen LogP contribution in [0.4, 0.5) is 0 Å². The van der Waals surface area contributed by atoms with E-state index in [0.717, 1.165) is 7.11 Å². The lowest BCUT2D eigenvalue weighted by atomic mass is 10.3. The third-order valence-corrected chi connectivity index (χ3v) is 3.51. The Hall–Kier alpha value is -1.15. The number of sulfone groups is 1. The van der Waals surface area contributed by atoms with E-state index in [0.29, 0.717) is 0 Å². The molecule has 1 unspecified atom stereocenters. The minimum atomic E-state index is -3.48. The molecule has 0 heterocycles. The number of carbonyl (C=O) groups excluding carboxylic acids is 2. The molecule has 0 saturated heterocycles. The molecule has 0 aromatic rings. The van der Waals surface area contributed by atoms with Gasteiger partial charge in [0, 0.05) is 14.0 Å². The van der Waals surface area contributed by atoms with Crippen LogP contribution < -0.4 is 5.32 Å². The molecule has 0 fully saturated rings. The van der Waals surface area contributed by atoms with E-state index in [4.69, 9.17) is 0 Å². The number of rotatable bonds is 7. The summed E-state index contributed by atoms with van der Waals surface area (Å²) in [6.07, 6.45) is 0. The van der Waals surface area contributed by atoms with Crippen LogP contribution in [-0.4, -0.2) is 58.7 Å². The van der Waals surface area contributed by atoms with Crippen molar-refractivity contribution in [2.75, 3.05) is 32.3 Å². The number of ether oxygens (including phenoxy) is 2. The first-order valence-corrected chi connectivity index (χ1v) is 6.69. The molecular weight excluding hydrogens is 250 g/mol. The van der Waals surface area contributed by atoms with Crippen molar-refractivity contribution in [3.05, 3.63) is 0 Å². The average molecular weight is 267 g/mol. The van der Waals surface area contributed by atoms with Crippen LogP contribution in [0.15, 0.2) is 0 Å². The van der Waals surface area contributed by atoms with Crippen molar-refractivity contribution in [1.29, 1.82) is 0 Å².